The molecule has 0 aliphatic carbocycles. The minimum atomic E-state index is -0.560. The van der Waals surface area contributed by atoms with Crippen LogP contribution in [0.4, 0.5) is 5.69 Å². The first kappa shape index (κ1) is 21.7. The van der Waals surface area contributed by atoms with Crippen molar-refractivity contribution in [3.63, 3.8) is 0 Å². The fraction of sp³-hybridized carbons (Fsp3) is 0.250. The molecule has 1 aliphatic heterocycles. The Kier molecular flexibility index (Phi) is 6.01. The summed E-state index contributed by atoms with van der Waals surface area (Å²) in [5.41, 5.74) is 3.15. The van der Waals surface area contributed by atoms with Gasteiger partial charge in [-0.05, 0) is 50.6 Å². The normalized spacial score (nSPS) is 14.3. The molecule has 0 spiro atoms. The summed E-state index contributed by atoms with van der Waals surface area (Å²) in [6.45, 7) is 6.59. The molecule has 1 amide bonds. The number of carbonyl (C=O) groups excluding carboxylic acids is 1. The first-order valence-corrected chi connectivity index (χ1v) is 12.5. The van der Waals surface area contributed by atoms with E-state index in [9.17, 15) is 4.79 Å². The van der Waals surface area contributed by atoms with Crippen LogP contribution in [0.2, 0.25) is 0 Å². The highest BCUT2D eigenvalue weighted by Crippen LogP contribution is 2.54. The molecule has 160 valence electrons. The van der Waals surface area contributed by atoms with Crippen LogP contribution in [0.15, 0.2) is 48.5 Å². The van der Waals surface area contributed by atoms with Crippen molar-refractivity contribution in [3.8, 4) is 22.6 Å². The molecule has 2 heterocycles. The molecule has 2 aromatic carbocycles. The third-order valence-corrected chi connectivity index (χ3v) is 8.62. The molecule has 1 aromatic heterocycles. The number of fused-ring (bicyclic) bond motifs is 3. The first-order valence-electron chi connectivity index (χ1n) is 9.94. The summed E-state index contributed by atoms with van der Waals surface area (Å²) in [6.07, 6.45) is 3.44. The van der Waals surface area contributed by atoms with Gasteiger partial charge in [0.2, 0.25) is 0 Å². The van der Waals surface area contributed by atoms with Crippen molar-refractivity contribution in [2.24, 2.45) is 0 Å². The summed E-state index contributed by atoms with van der Waals surface area (Å²) >= 11 is 5.66. The van der Waals surface area contributed by atoms with Crippen molar-refractivity contribution in [1.29, 1.82) is 0 Å². The number of anilines is 1. The van der Waals surface area contributed by atoms with Gasteiger partial charge in [0.25, 0.3) is 5.91 Å². The van der Waals surface area contributed by atoms with Gasteiger partial charge in [0, 0.05) is 17.2 Å². The van der Waals surface area contributed by atoms with Crippen LogP contribution in [0.3, 0.4) is 0 Å². The first-order chi connectivity index (χ1) is 14.9. The van der Waals surface area contributed by atoms with Gasteiger partial charge in [-0.1, -0.05) is 57.2 Å². The second-order valence-electron chi connectivity index (χ2n) is 7.58. The predicted molar refractivity (Wildman–Crippen MR) is 132 cm³/mol. The van der Waals surface area contributed by atoms with Gasteiger partial charge in [0.1, 0.15) is 15.3 Å². The Morgan fingerprint density at radius 3 is 2.58 bits per heavy atom. The number of methoxy groups -OCH3 is 1. The highest BCUT2D eigenvalue weighted by atomic mass is 32.9. The highest BCUT2D eigenvalue weighted by Gasteiger charge is 2.43. The molecule has 0 N–H and O–H groups in total. The summed E-state index contributed by atoms with van der Waals surface area (Å²) < 4.78 is 12.0. The summed E-state index contributed by atoms with van der Waals surface area (Å²) in [5, 5.41) is 0. The molecule has 0 bridgehead atoms. The number of para-hydroxylation sites is 1. The Hall–Kier alpha value is -2.48. The Balaban J connectivity index is 1.82. The zero-order valence-corrected chi connectivity index (χ0v) is 20.2. The number of hydrogen-bond acceptors (Lipinski definition) is 6. The Morgan fingerprint density at radius 2 is 1.90 bits per heavy atom. The van der Waals surface area contributed by atoms with Gasteiger partial charge in [-0.25, -0.2) is 0 Å². The quantitative estimate of drug-likeness (QED) is 0.231. The molecule has 3 aromatic rings. The third kappa shape index (κ3) is 3.82. The maximum atomic E-state index is 13.6. The summed E-state index contributed by atoms with van der Waals surface area (Å²) in [5.74, 6) is 1.36. The molecule has 0 radical (unpaired) electrons. The van der Waals surface area contributed by atoms with Gasteiger partial charge in [0.15, 0.2) is 0 Å². The van der Waals surface area contributed by atoms with E-state index in [0.29, 0.717) is 12.4 Å². The van der Waals surface area contributed by atoms with Gasteiger partial charge in [-0.3, -0.25) is 9.69 Å². The number of rotatable bonds is 5. The third-order valence-electron chi connectivity index (χ3n) is 5.29. The van der Waals surface area contributed by atoms with Crippen molar-refractivity contribution in [1.82, 2.24) is 0 Å². The van der Waals surface area contributed by atoms with E-state index in [1.165, 1.54) is 0 Å². The lowest BCUT2D eigenvalue weighted by Crippen LogP contribution is -2.47. The Labute approximate surface area is 194 Å². The standard InChI is InChI=1S/C24H23NO3S3/c1-5-28-18-8-6-7-17-20-22(30-31-23(20)29)24(2,3)25(21(17)18)19(26)14-11-15-9-12-16(27-4)13-10-15/h6-14H,5H2,1-4H3. The number of nitrogens with zero attached hydrogens (tertiary/aromatic N) is 1. The van der Waals surface area contributed by atoms with Crippen LogP contribution < -0.4 is 14.4 Å². The van der Waals surface area contributed by atoms with Gasteiger partial charge < -0.3 is 9.47 Å². The lowest BCUT2D eigenvalue weighted by atomic mass is 9.87. The molecule has 0 atom stereocenters. The molecule has 0 saturated carbocycles. The van der Waals surface area contributed by atoms with Crippen LogP contribution in [0.1, 0.15) is 31.2 Å². The SMILES string of the molecule is CCOc1cccc2c1N(C(=O)C=Cc1ccc(OC)cc1)C(C)(C)c1ssc(=S)c1-2. The van der Waals surface area contributed by atoms with E-state index in [-0.39, 0.29) is 5.91 Å². The Bertz CT molecular complexity index is 1210. The maximum Gasteiger partial charge on any atom is 0.251 e. The van der Waals surface area contributed by atoms with Crippen LogP contribution in [0.5, 0.6) is 11.5 Å². The fourth-order valence-corrected chi connectivity index (χ4v) is 7.13. The van der Waals surface area contributed by atoms with Crippen molar-refractivity contribution < 1.29 is 14.3 Å². The van der Waals surface area contributed by atoms with E-state index in [1.54, 1.807) is 33.9 Å². The average Bonchev–Trinajstić information content (AvgIpc) is 3.16. The van der Waals surface area contributed by atoms with Gasteiger partial charge in [-0.15, -0.1) is 0 Å². The topological polar surface area (TPSA) is 38.8 Å². The number of amides is 1. The predicted octanol–water partition coefficient (Wildman–Crippen LogP) is 6.91. The Morgan fingerprint density at radius 1 is 1.16 bits per heavy atom. The molecular weight excluding hydrogens is 446 g/mol. The zero-order valence-electron chi connectivity index (χ0n) is 17.8. The second-order valence-corrected chi connectivity index (χ2v) is 10.4. The molecule has 7 heteroatoms. The molecular formula is C24H23NO3S3. The monoisotopic (exact) mass is 469 g/mol. The molecule has 4 rings (SSSR count). The molecule has 1 aliphatic rings. The van der Waals surface area contributed by atoms with E-state index < -0.39 is 5.54 Å². The van der Waals surface area contributed by atoms with Crippen molar-refractivity contribution >= 4 is 50.6 Å². The fourth-order valence-electron chi connectivity index (χ4n) is 3.85. The van der Waals surface area contributed by atoms with Gasteiger partial charge in [-0.2, -0.15) is 0 Å². The minimum Gasteiger partial charge on any atom is -0.497 e. The largest absolute Gasteiger partial charge is 0.497 e. The van der Waals surface area contributed by atoms with Crippen LogP contribution in [0, 0.1) is 3.82 Å². The molecule has 0 saturated heterocycles. The van der Waals surface area contributed by atoms with Crippen molar-refractivity contribution in [2.75, 3.05) is 18.6 Å². The lowest BCUT2D eigenvalue weighted by Gasteiger charge is -2.43. The molecule has 4 nitrogen and oxygen atoms in total. The zero-order chi connectivity index (χ0) is 22.2. The van der Waals surface area contributed by atoms with E-state index >= 15 is 0 Å². The minimum absolute atomic E-state index is 0.107. The second kappa shape index (κ2) is 8.57. The number of carbonyl (C=O) groups is 1. The maximum absolute atomic E-state index is 13.6. The molecule has 31 heavy (non-hydrogen) atoms. The molecule has 0 unspecified atom stereocenters. The summed E-state index contributed by atoms with van der Waals surface area (Å²) in [6, 6.07) is 13.5. The summed E-state index contributed by atoms with van der Waals surface area (Å²) in [4.78, 5) is 16.5. The van der Waals surface area contributed by atoms with Crippen molar-refractivity contribution in [2.45, 2.75) is 26.3 Å². The smallest absolute Gasteiger partial charge is 0.251 e. The number of benzene rings is 2. The van der Waals surface area contributed by atoms with Crippen LogP contribution in [0.25, 0.3) is 17.2 Å². The van der Waals surface area contributed by atoms with Crippen LogP contribution in [-0.4, -0.2) is 19.6 Å². The number of hydrogen-bond donors (Lipinski definition) is 0. The van der Waals surface area contributed by atoms with Gasteiger partial charge in [0.05, 0.1) is 29.8 Å². The summed E-state index contributed by atoms with van der Waals surface area (Å²) in [7, 11) is 4.86. The van der Waals surface area contributed by atoms with Crippen LogP contribution >= 0.6 is 32.9 Å². The number of ether oxygens (including phenoxy) is 2. The average molecular weight is 470 g/mol. The van der Waals surface area contributed by atoms with Crippen LogP contribution in [-0.2, 0) is 10.3 Å². The van der Waals surface area contributed by atoms with E-state index in [1.807, 2.05) is 60.4 Å². The molecule has 0 fully saturated rings. The van der Waals surface area contributed by atoms with E-state index in [4.69, 9.17) is 21.7 Å². The highest BCUT2D eigenvalue weighted by molar-refractivity contribution is 7.80. The van der Waals surface area contributed by atoms with E-state index in [0.717, 1.165) is 36.8 Å². The lowest BCUT2D eigenvalue weighted by molar-refractivity contribution is -0.115. The van der Waals surface area contributed by atoms with Gasteiger partial charge >= 0.3 is 0 Å². The van der Waals surface area contributed by atoms with E-state index in [2.05, 4.69) is 13.8 Å². The van der Waals surface area contributed by atoms with Crippen molar-refractivity contribution in [3.05, 3.63) is 62.8 Å².